The molecule has 0 aromatic carbocycles. The minimum absolute atomic E-state index is 0.00613. The summed E-state index contributed by atoms with van der Waals surface area (Å²) in [5.74, 6) is -0.162. The zero-order chi connectivity index (χ0) is 20.9. The molecule has 1 saturated heterocycles. The van der Waals surface area contributed by atoms with E-state index in [1.807, 2.05) is 0 Å². The Kier molecular flexibility index (Phi) is 4.85. The summed E-state index contributed by atoms with van der Waals surface area (Å²) >= 11 is 1.35. The third kappa shape index (κ3) is 3.41. The fourth-order valence-electron chi connectivity index (χ4n) is 5.96. The van der Waals surface area contributed by atoms with Gasteiger partial charge in [-0.2, -0.15) is 0 Å². The normalized spacial score (nSPS) is 31.7. The molecule has 3 atom stereocenters. The Labute approximate surface area is 179 Å². The fourth-order valence-corrected chi connectivity index (χ4v) is 6.50. The summed E-state index contributed by atoms with van der Waals surface area (Å²) in [5.41, 5.74) is 0.993. The quantitative estimate of drug-likeness (QED) is 0.472. The molecule has 3 amide bonds. The van der Waals surface area contributed by atoms with Crippen LogP contribution in [0.15, 0.2) is 11.6 Å². The minimum Gasteiger partial charge on any atom is -0.330 e. The highest BCUT2D eigenvalue weighted by atomic mass is 32.1. The topological polar surface area (TPSA) is 112 Å². The lowest BCUT2D eigenvalue weighted by Crippen LogP contribution is -2.48. The van der Waals surface area contributed by atoms with E-state index in [4.69, 9.17) is 5.21 Å². The van der Waals surface area contributed by atoms with Gasteiger partial charge in [0.25, 0.3) is 0 Å². The third-order valence-electron chi connectivity index (χ3n) is 7.82. The number of thiazole rings is 1. The van der Waals surface area contributed by atoms with Gasteiger partial charge in [-0.25, -0.2) is 10.5 Å². The average Bonchev–Trinajstić information content (AvgIpc) is 3.35. The van der Waals surface area contributed by atoms with Crippen LogP contribution >= 0.6 is 11.3 Å². The highest BCUT2D eigenvalue weighted by Gasteiger charge is 2.67. The lowest BCUT2D eigenvalue weighted by atomic mass is 9.89. The molecular weight excluding hydrogens is 404 g/mol. The van der Waals surface area contributed by atoms with Crippen LogP contribution in [0.4, 0.5) is 5.13 Å². The number of anilines is 1. The van der Waals surface area contributed by atoms with Crippen molar-refractivity contribution in [2.24, 2.45) is 22.7 Å². The molecule has 0 radical (unpaired) electrons. The Bertz CT molecular complexity index is 849. The van der Waals surface area contributed by atoms with Gasteiger partial charge >= 0.3 is 0 Å². The summed E-state index contributed by atoms with van der Waals surface area (Å²) in [7, 11) is 0. The van der Waals surface area contributed by atoms with Crippen molar-refractivity contribution in [3.8, 4) is 0 Å². The van der Waals surface area contributed by atoms with E-state index in [-0.39, 0.29) is 29.6 Å². The van der Waals surface area contributed by atoms with E-state index in [0.717, 1.165) is 25.7 Å². The van der Waals surface area contributed by atoms with E-state index in [2.05, 4.69) is 10.3 Å². The molecule has 30 heavy (non-hydrogen) atoms. The van der Waals surface area contributed by atoms with Crippen molar-refractivity contribution in [2.75, 3.05) is 11.9 Å². The maximum absolute atomic E-state index is 13.9. The molecule has 162 valence electrons. The summed E-state index contributed by atoms with van der Waals surface area (Å²) in [5, 5.41) is 14.3. The second-order valence-electron chi connectivity index (χ2n) is 9.70. The number of amides is 3. The Morgan fingerprint density at radius 1 is 1.23 bits per heavy atom. The van der Waals surface area contributed by atoms with Gasteiger partial charge in [-0.05, 0) is 42.9 Å². The Hall–Kier alpha value is -2.00. The number of carbonyl (C=O) groups excluding carboxylic acids is 3. The predicted octanol–water partition coefficient (Wildman–Crippen LogP) is 2.55. The second kappa shape index (κ2) is 7.30. The van der Waals surface area contributed by atoms with Crippen LogP contribution in [0, 0.1) is 22.7 Å². The van der Waals surface area contributed by atoms with Gasteiger partial charge < -0.3 is 10.2 Å². The van der Waals surface area contributed by atoms with Gasteiger partial charge in [0.05, 0.1) is 5.41 Å². The number of hydroxylamine groups is 1. The van der Waals surface area contributed by atoms with Crippen molar-refractivity contribution < 1.29 is 19.6 Å². The van der Waals surface area contributed by atoms with E-state index >= 15 is 0 Å². The van der Waals surface area contributed by atoms with Gasteiger partial charge in [0.2, 0.25) is 17.7 Å². The fraction of sp³-hybridized carbons (Fsp3) is 0.714. The molecule has 8 nitrogen and oxygen atoms in total. The van der Waals surface area contributed by atoms with Crippen LogP contribution in [0.25, 0.3) is 0 Å². The number of nitrogens with one attached hydrogen (secondary N) is 2. The first-order valence-electron chi connectivity index (χ1n) is 10.9. The monoisotopic (exact) mass is 432 g/mol. The molecule has 9 heteroatoms. The Morgan fingerprint density at radius 3 is 2.63 bits per heavy atom. The molecule has 5 rings (SSSR count). The number of rotatable bonds is 6. The van der Waals surface area contributed by atoms with Crippen molar-refractivity contribution in [3.63, 3.8) is 0 Å². The molecule has 3 aliphatic carbocycles. The van der Waals surface area contributed by atoms with Crippen LogP contribution < -0.4 is 10.8 Å². The molecule has 3 saturated carbocycles. The van der Waals surface area contributed by atoms with Crippen molar-refractivity contribution in [1.29, 1.82) is 0 Å². The predicted molar refractivity (Wildman–Crippen MR) is 110 cm³/mol. The molecule has 1 aromatic heterocycles. The Morgan fingerprint density at radius 2 is 2.00 bits per heavy atom. The van der Waals surface area contributed by atoms with Gasteiger partial charge in [-0.1, -0.05) is 25.7 Å². The molecule has 2 heterocycles. The van der Waals surface area contributed by atoms with Crippen LogP contribution in [0.5, 0.6) is 0 Å². The SMILES string of the molecule is O=C(CC1(C(=O)N2CC3(CC3)C[C@H]2C(=O)Nc2nccs2)C[C@H]1C1CCCC1)NO. The van der Waals surface area contributed by atoms with Crippen LogP contribution in [-0.2, 0) is 14.4 Å². The van der Waals surface area contributed by atoms with E-state index in [1.165, 1.54) is 24.2 Å². The van der Waals surface area contributed by atoms with Crippen molar-refractivity contribution >= 4 is 34.2 Å². The number of hydrogen-bond donors (Lipinski definition) is 3. The summed E-state index contributed by atoms with van der Waals surface area (Å²) in [6.45, 7) is 0.585. The number of hydrogen-bond acceptors (Lipinski definition) is 6. The van der Waals surface area contributed by atoms with Gasteiger partial charge in [0.1, 0.15) is 6.04 Å². The van der Waals surface area contributed by atoms with Gasteiger partial charge in [-0.3, -0.25) is 19.6 Å². The molecule has 1 aliphatic heterocycles. The summed E-state index contributed by atoms with van der Waals surface area (Å²) < 4.78 is 0. The van der Waals surface area contributed by atoms with E-state index in [1.54, 1.807) is 22.0 Å². The molecule has 1 aromatic rings. The maximum atomic E-state index is 13.9. The standard InChI is InChI=1S/C21H28N4O4S/c26-16(24-29)11-21(9-14(21)13-3-1-2-4-13)18(28)25-12-20(5-6-20)10-15(25)17(27)23-19-22-7-8-30-19/h7-8,13-15,29H,1-6,9-12H2,(H,24,26)(H,22,23,27)/t14-,15-,21?/m0/s1. The lowest BCUT2D eigenvalue weighted by Gasteiger charge is -2.29. The molecule has 4 aliphatic rings. The van der Waals surface area contributed by atoms with Gasteiger partial charge in [0.15, 0.2) is 5.13 Å². The molecule has 1 unspecified atom stereocenters. The van der Waals surface area contributed by atoms with Crippen molar-refractivity contribution in [1.82, 2.24) is 15.4 Å². The highest BCUT2D eigenvalue weighted by molar-refractivity contribution is 7.13. The third-order valence-corrected chi connectivity index (χ3v) is 8.51. The molecule has 1 spiro atoms. The number of aromatic nitrogens is 1. The first-order chi connectivity index (χ1) is 14.5. The zero-order valence-corrected chi connectivity index (χ0v) is 17.7. The van der Waals surface area contributed by atoms with E-state index < -0.39 is 17.4 Å². The smallest absolute Gasteiger partial charge is 0.248 e. The Balaban J connectivity index is 1.38. The first kappa shape index (κ1) is 19.9. The van der Waals surface area contributed by atoms with Gasteiger partial charge in [-0.15, -0.1) is 11.3 Å². The number of likely N-dealkylation sites (tertiary alicyclic amines) is 1. The largest absolute Gasteiger partial charge is 0.330 e. The summed E-state index contributed by atoms with van der Waals surface area (Å²) in [4.78, 5) is 44.9. The maximum Gasteiger partial charge on any atom is 0.248 e. The second-order valence-corrected chi connectivity index (χ2v) is 10.6. The highest BCUT2D eigenvalue weighted by Crippen LogP contribution is 2.64. The van der Waals surface area contributed by atoms with Gasteiger partial charge in [0, 0.05) is 24.5 Å². The molecular formula is C21H28N4O4S. The lowest BCUT2D eigenvalue weighted by molar-refractivity contribution is -0.145. The van der Waals surface area contributed by atoms with E-state index in [0.29, 0.717) is 30.4 Å². The minimum atomic E-state index is -0.776. The molecule has 3 N–H and O–H groups in total. The average molecular weight is 433 g/mol. The molecule has 4 fully saturated rings. The summed E-state index contributed by atoms with van der Waals surface area (Å²) in [6, 6.07) is -0.525. The number of nitrogens with zero attached hydrogens (tertiary/aromatic N) is 2. The van der Waals surface area contributed by atoms with Crippen LogP contribution in [-0.4, -0.2) is 45.4 Å². The zero-order valence-electron chi connectivity index (χ0n) is 16.9. The van der Waals surface area contributed by atoms with E-state index in [9.17, 15) is 14.4 Å². The van der Waals surface area contributed by atoms with Crippen molar-refractivity contribution in [2.45, 2.75) is 63.8 Å². The van der Waals surface area contributed by atoms with Crippen molar-refractivity contribution in [3.05, 3.63) is 11.6 Å². The van der Waals surface area contributed by atoms with Crippen LogP contribution in [0.1, 0.15) is 57.8 Å². The first-order valence-corrected chi connectivity index (χ1v) is 11.8. The van der Waals surface area contributed by atoms with Crippen LogP contribution in [0.2, 0.25) is 0 Å². The number of carbonyl (C=O) groups is 3. The molecule has 0 bridgehead atoms. The van der Waals surface area contributed by atoms with Crippen LogP contribution in [0.3, 0.4) is 0 Å². The summed E-state index contributed by atoms with van der Waals surface area (Å²) in [6.07, 6.45) is 9.58.